The molecule has 1 aromatic rings. The fourth-order valence-corrected chi connectivity index (χ4v) is 1.58. The van der Waals surface area contributed by atoms with Gasteiger partial charge in [0.15, 0.2) is 0 Å². The van der Waals surface area contributed by atoms with Crippen LogP contribution < -0.4 is 0 Å². The van der Waals surface area contributed by atoms with E-state index < -0.39 is 0 Å². The SMILES string of the molecule is C=C(C)SCC.C=CC(C)=C(C)C.C=Cc1cccc(F)c1. The number of halogens is 1. The van der Waals surface area contributed by atoms with Crippen molar-refractivity contribution in [2.24, 2.45) is 0 Å². The molecule has 0 heterocycles. The topological polar surface area (TPSA) is 0 Å². The van der Waals surface area contributed by atoms with Crippen molar-refractivity contribution in [3.8, 4) is 0 Å². The van der Waals surface area contributed by atoms with E-state index in [0.29, 0.717) is 0 Å². The Hall–Kier alpha value is -1.54. The van der Waals surface area contributed by atoms with Crippen molar-refractivity contribution >= 4 is 17.8 Å². The summed E-state index contributed by atoms with van der Waals surface area (Å²) in [4.78, 5) is 1.21. The minimum absolute atomic E-state index is 0.215. The number of hydrogen-bond donors (Lipinski definition) is 0. The second-order valence-corrected chi connectivity index (χ2v) is 6.34. The molecule has 0 fully saturated rings. The van der Waals surface area contributed by atoms with E-state index in [9.17, 15) is 4.39 Å². The third-order valence-electron chi connectivity index (χ3n) is 2.57. The van der Waals surface area contributed by atoms with Crippen molar-refractivity contribution in [2.75, 3.05) is 5.75 Å². The van der Waals surface area contributed by atoms with Crippen LogP contribution in [0.2, 0.25) is 0 Å². The molecule has 0 aromatic heterocycles. The van der Waals surface area contributed by atoms with Crippen LogP contribution in [0.5, 0.6) is 0 Å². The first-order chi connectivity index (χ1) is 10.3. The molecule has 0 radical (unpaired) electrons. The van der Waals surface area contributed by atoms with Gasteiger partial charge in [-0.1, -0.05) is 62.1 Å². The van der Waals surface area contributed by atoms with Crippen LogP contribution in [0.1, 0.15) is 40.2 Å². The summed E-state index contributed by atoms with van der Waals surface area (Å²) in [5.74, 6) is 0.933. The molecule has 0 aliphatic heterocycles. The van der Waals surface area contributed by atoms with E-state index >= 15 is 0 Å². The Balaban J connectivity index is 0. The maximum atomic E-state index is 12.3. The number of hydrogen-bond acceptors (Lipinski definition) is 1. The van der Waals surface area contributed by atoms with Crippen LogP contribution in [0.4, 0.5) is 4.39 Å². The fraction of sp³-hybridized carbons (Fsp3) is 0.300. The van der Waals surface area contributed by atoms with E-state index in [1.54, 1.807) is 30.0 Å². The Bertz CT molecular complexity index is 494. The van der Waals surface area contributed by atoms with Crippen molar-refractivity contribution in [2.45, 2.75) is 34.6 Å². The molecular formula is C20H29FS. The minimum atomic E-state index is -0.215. The molecule has 22 heavy (non-hydrogen) atoms. The zero-order chi connectivity index (χ0) is 17.5. The van der Waals surface area contributed by atoms with Gasteiger partial charge in [0, 0.05) is 0 Å². The summed E-state index contributed by atoms with van der Waals surface area (Å²) in [6, 6.07) is 6.31. The van der Waals surface area contributed by atoms with E-state index in [1.807, 2.05) is 13.0 Å². The molecule has 122 valence electrons. The number of allylic oxidation sites excluding steroid dienone is 4. The van der Waals surface area contributed by atoms with Gasteiger partial charge in [0.25, 0.3) is 0 Å². The van der Waals surface area contributed by atoms with E-state index in [-0.39, 0.29) is 5.82 Å². The third-order valence-corrected chi connectivity index (χ3v) is 3.35. The van der Waals surface area contributed by atoms with Gasteiger partial charge in [-0.25, -0.2) is 4.39 Å². The molecule has 1 aromatic carbocycles. The van der Waals surface area contributed by atoms with E-state index in [0.717, 1.165) is 11.3 Å². The van der Waals surface area contributed by atoms with Gasteiger partial charge in [-0.2, -0.15) is 0 Å². The zero-order valence-corrected chi connectivity index (χ0v) is 15.4. The van der Waals surface area contributed by atoms with Crippen LogP contribution >= 0.6 is 11.8 Å². The average molecular weight is 321 g/mol. The molecule has 0 amide bonds. The van der Waals surface area contributed by atoms with Gasteiger partial charge in [-0.3, -0.25) is 0 Å². The normalized spacial score (nSPS) is 8.45. The number of thioether (sulfide) groups is 1. The second-order valence-electron chi connectivity index (χ2n) is 4.78. The largest absolute Gasteiger partial charge is 0.207 e. The van der Waals surface area contributed by atoms with Gasteiger partial charge >= 0.3 is 0 Å². The second kappa shape index (κ2) is 14.4. The average Bonchev–Trinajstić information content (AvgIpc) is 2.47. The smallest absolute Gasteiger partial charge is 0.123 e. The first kappa shape index (κ1) is 22.7. The van der Waals surface area contributed by atoms with Gasteiger partial charge in [-0.15, -0.1) is 11.8 Å². The summed E-state index contributed by atoms with van der Waals surface area (Å²) in [6.07, 6.45) is 3.48. The lowest BCUT2D eigenvalue weighted by atomic mass is 10.2. The van der Waals surface area contributed by atoms with Gasteiger partial charge < -0.3 is 0 Å². The van der Waals surface area contributed by atoms with Crippen molar-refractivity contribution in [1.29, 1.82) is 0 Å². The molecule has 0 saturated heterocycles. The molecule has 2 heteroatoms. The Labute approximate surface area is 140 Å². The van der Waals surface area contributed by atoms with Crippen LogP contribution in [-0.4, -0.2) is 5.75 Å². The van der Waals surface area contributed by atoms with Crippen molar-refractivity contribution in [1.82, 2.24) is 0 Å². The first-order valence-electron chi connectivity index (χ1n) is 7.21. The first-order valence-corrected chi connectivity index (χ1v) is 8.19. The lowest BCUT2D eigenvalue weighted by Crippen LogP contribution is -1.73. The van der Waals surface area contributed by atoms with Gasteiger partial charge in [0.1, 0.15) is 5.82 Å². The molecule has 1 rings (SSSR count). The highest BCUT2D eigenvalue weighted by atomic mass is 32.2. The summed E-state index contributed by atoms with van der Waals surface area (Å²) < 4.78 is 12.3. The predicted octanol–water partition coefficient (Wildman–Crippen LogP) is 7.27. The highest BCUT2D eigenvalue weighted by Crippen LogP contribution is 2.09. The monoisotopic (exact) mass is 320 g/mol. The van der Waals surface area contributed by atoms with Crippen LogP contribution in [-0.2, 0) is 0 Å². The summed E-state index contributed by atoms with van der Waals surface area (Å²) >= 11 is 1.79. The lowest BCUT2D eigenvalue weighted by Gasteiger charge is -1.90. The van der Waals surface area contributed by atoms with E-state index in [2.05, 4.69) is 47.4 Å². The molecule has 0 aliphatic rings. The van der Waals surface area contributed by atoms with Crippen molar-refractivity contribution < 1.29 is 4.39 Å². The molecule has 0 nitrogen and oxygen atoms in total. The predicted molar refractivity (Wildman–Crippen MR) is 104 cm³/mol. The Morgan fingerprint density at radius 3 is 1.95 bits per heavy atom. The summed E-state index contributed by atoms with van der Waals surface area (Å²) in [5.41, 5.74) is 3.44. The maximum Gasteiger partial charge on any atom is 0.123 e. The number of rotatable bonds is 4. The fourth-order valence-electron chi connectivity index (χ4n) is 1.08. The highest BCUT2D eigenvalue weighted by Gasteiger charge is 1.86. The van der Waals surface area contributed by atoms with Crippen molar-refractivity contribution in [3.05, 3.63) is 77.5 Å². The summed E-state index contributed by atoms with van der Waals surface area (Å²) in [7, 11) is 0. The molecule has 0 aliphatic carbocycles. The molecule has 0 saturated carbocycles. The van der Waals surface area contributed by atoms with Crippen molar-refractivity contribution in [3.63, 3.8) is 0 Å². The maximum absolute atomic E-state index is 12.3. The third kappa shape index (κ3) is 14.9. The summed E-state index contributed by atoms with van der Waals surface area (Å²) in [6.45, 7) is 21.2. The number of benzene rings is 1. The summed E-state index contributed by atoms with van der Waals surface area (Å²) in [5, 5.41) is 0. The molecule has 0 bridgehead atoms. The Kier molecular flexibility index (Phi) is 14.9. The van der Waals surface area contributed by atoms with Crippen LogP contribution in [0.15, 0.2) is 66.1 Å². The molecule has 0 spiro atoms. The zero-order valence-electron chi connectivity index (χ0n) is 14.6. The lowest BCUT2D eigenvalue weighted by molar-refractivity contribution is 0.627. The molecule has 0 N–H and O–H groups in total. The van der Waals surface area contributed by atoms with Gasteiger partial charge in [-0.05, 0) is 56.0 Å². The minimum Gasteiger partial charge on any atom is -0.207 e. The Morgan fingerprint density at radius 1 is 1.18 bits per heavy atom. The van der Waals surface area contributed by atoms with Crippen LogP contribution in [0.3, 0.4) is 0 Å². The van der Waals surface area contributed by atoms with Gasteiger partial charge in [0.05, 0.1) is 0 Å². The highest BCUT2D eigenvalue weighted by molar-refractivity contribution is 8.02. The standard InChI is InChI=1S/C8H7F.C7H12.C5H10S/c1-2-7-4-3-5-8(9)6-7;1-5-7(4)6(2)3;1-4-6-5(2)3/h2-6H,1H2;5H,1H2,2-4H3;2,4H2,1,3H3. The van der Waals surface area contributed by atoms with Gasteiger partial charge in [0.2, 0.25) is 0 Å². The Morgan fingerprint density at radius 2 is 1.77 bits per heavy atom. The molecular weight excluding hydrogens is 291 g/mol. The van der Waals surface area contributed by atoms with Crippen LogP contribution in [0.25, 0.3) is 6.08 Å². The molecule has 0 atom stereocenters. The van der Waals surface area contributed by atoms with E-state index in [1.165, 1.54) is 28.2 Å². The van der Waals surface area contributed by atoms with Crippen LogP contribution in [0, 0.1) is 5.82 Å². The quantitative estimate of drug-likeness (QED) is 0.526. The van der Waals surface area contributed by atoms with E-state index in [4.69, 9.17) is 0 Å². The molecule has 0 unspecified atom stereocenters.